The van der Waals surface area contributed by atoms with Crippen LogP contribution in [0.4, 0.5) is 0 Å². The van der Waals surface area contributed by atoms with E-state index < -0.39 is 0 Å². The summed E-state index contributed by atoms with van der Waals surface area (Å²) in [5, 5.41) is 10.3. The molecule has 0 saturated carbocycles. The molecule has 0 aliphatic rings. The zero-order valence-electron chi connectivity index (χ0n) is 6.17. The van der Waals surface area contributed by atoms with E-state index in [2.05, 4.69) is 4.98 Å². The van der Waals surface area contributed by atoms with E-state index in [1.165, 1.54) is 0 Å². The van der Waals surface area contributed by atoms with Gasteiger partial charge in [0, 0.05) is 32.6 Å². The van der Waals surface area contributed by atoms with Crippen molar-refractivity contribution in [2.45, 2.75) is 0 Å². The van der Waals surface area contributed by atoms with Crippen molar-refractivity contribution in [2.24, 2.45) is 0 Å². The zero-order chi connectivity index (χ0) is 7.68. The molecule has 2 aromatic rings. The molecule has 1 aromatic carbocycles. The first-order valence-electron chi connectivity index (χ1n) is 3.40. The van der Waals surface area contributed by atoms with Crippen molar-refractivity contribution >= 4 is 10.9 Å². The van der Waals surface area contributed by atoms with Crippen LogP contribution in [0, 0.1) is 0 Å². The van der Waals surface area contributed by atoms with Crippen LogP contribution in [-0.4, -0.2) is 10.1 Å². The van der Waals surface area contributed by atoms with Gasteiger partial charge in [-0.2, -0.15) is 0 Å². The van der Waals surface area contributed by atoms with Gasteiger partial charge in [-0.3, -0.25) is 4.98 Å². The Bertz CT molecular complexity index is 384. The van der Waals surface area contributed by atoms with Gasteiger partial charge in [-0.25, -0.2) is 0 Å². The van der Waals surface area contributed by atoms with Crippen LogP contribution in [0.25, 0.3) is 10.9 Å². The Labute approximate surface area is 84.5 Å². The Kier molecular flexibility index (Phi) is 2.82. The van der Waals surface area contributed by atoms with Gasteiger partial charge in [-0.15, -0.1) is 0 Å². The van der Waals surface area contributed by atoms with E-state index in [0.717, 1.165) is 5.39 Å². The van der Waals surface area contributed by atoms with Crippen molar-refractivity contribution < 1.29 is 26.2 Å². The van der Waals surface area contributed by atoms with Crippen LogP contribution in [0.15, 0.2) is 36.5 Å². The van der Waals surface area contributed by atoms with Crippen molar-refractivity contribution in [3.8, 4) is 5.75 Å². The molecule has 0 fully saturated rings. The van der Waals surface area contributed by atoms with Crippen molar-refractivity contribution in [3.63, 3.8) is 0 Å². The number of para-hydroxylation sites is 1. The monoisotopic (exact) mass is 340 g/mol. The van der Waals surface area contributed by atoms with Gasteiger partial charge < -0.3 is 5.11 Å². The minimum Gasteiger partial charge on any atom is -0.506 e. The summed E-state index contributed by atoms with van der Waals surface area (Å²) in [6, 6.07) is 9.13. The predicted octanol–water partition coefficient (Wildman–Crippen LogP) is 1.94. The molecule has 0 radical (unpaired) electrons. The van der Waals surface area contributed by atoms with Gasteiger partial charge in [0.1, 0.15) is 11.3 Å². The SMILES string of the molecule is Oc1cccc2cccnc12.[Pt]. The molecule has 0 atom stereocenters. The van der Waals surface area contributed by atoms with Gasteiger partial charge in [0.15, 0.2) is 0 Å². The third-order valence-electron chi connectivity index (χ3n) is 1.61. The Morgan fingerprint density at radius 3 is 2.58 bits per heavy atom. The molecule has 1 N–H and O–H groups in total. The second-order valence-corrected chi connectivity index (χ2v) is 2.35. The standard InChI is InChI=1S/C9H7NO.Pt/c11-8-5-1-3-7-4-2-6-10-9(7)8;/h1-6,11H;. The quantitative estimate of drug-likeness (QED) is 0.795. The van der Waals surface area contributed by atoms with Crippen LogP contribution in [0.5, 0.6) is 5.75 Å². The number of phenols is 1. The first-order valence-corrected chi connectivity index (χ1v) is 3.40. The number of pyridine rings is 1. The maximum atomic E-state index is 9.31. The molecule has 1 aromatic heterocycles. The molecule has 0 bridgehead atoms. The number of fused-ring (bicyclic) bond motifs is 1. The Morgan fingerprint density at radius 1 is 1.08 bits per heavy atom. The van der Waals surface area contributed by atoms with Crippen LogP contribution in [-0.2, 0) is 21.1 Å². The number of aromatic nitrogens is 1. The third-order valence-corrected chi connectivity index (χ3v) is 1.61. The minimum atomic E-state index is 0. The van der Waals surface area contributed by atoms with Gasteiger partial charge in [0.25, 0.3) is 0 Å². The van der Waals surface area contributed by atoms with Crippen molar-refractivity contribution in [2.75, 3.05) is 0 Å². The second-order valence-electron chi connectivity index (χ2n) is 2.35. The van der Waals surface area contributed by atoms with E-state index in [4.69, 9.17) is 0 Å². The predicted molar refractivity (Wildman–Crippen MR) is 43.4 cm³/mol. The molecular weight excluding hydrogens is 333 g/mol. The van der Waals surface area contributed by atoms with Crippen molar-refractivity contribution in [1.29, 1.82) is 0 Å². The van der Waals surface area contributed by atoms with Crippen LogP contribution in [0.1, 0.15) is 0 Å². The minimum absolute atomic E-state index is 0. The Morgan fingerprint density at radius 2 is 1.83 bits per heavy atom. The van der Waals surface area contributed by atoms with Gasteiger partial charge in [-0.05, 0) is 12.1 Å². The van der Waals surface area contributed by atoms with E-state index in [-0.39, 0.29) is 26.8 Å². The number of hydrogen-bond donors (Lipinski definition) is 1. The van der Waals surface area contributed by atoms with E-state index >= 15 is 0 Å². The molecular formula is C9H7NOPt. The fourth-order valence-electron chi connectivity index (χ4n) is 1.09. The van der Waals surface area contributed by atoms with Crippen LogP contribution < -0.4 is 0 Å². The van der Waals surface area contributed by atoms with Crippen molar-refractivity contribution in [1.82, 2.24) is 4.98 Å². The summed E-state index contributed by atoms with van der Waals surface area (Å²) in [6.07, 6.45) is 1.67. The number of rotatable bonds is 0. The van der Waals surface area contributed by atoms with E-state index in [9.17, 15) is 5.11 Å². The number of benzene rings is 1. The summed E-state index contributed by atoms with van der Waals surface area (Å²) in [4.78, 5) is 4.03. The van der Waals surface area contributed by atoms with Gasteiger partial charge in [0.2, 0.25) is 0 Å². The number of phenolic OH excluding ortho intramolecular Hbond substituents is 1. The molecule has 0 saturated heterocycles. The topological polar surface area (TPSA) is 33.1 Å². The molecule has 3 heteroatoms. The number of aromatic hydroxyl groups is 1. The summed E-state index contributed by atoms with van der Waals surface area (Å²) in [5.74, 6) is 0.239. The van der Waals surface area contributed by atoms with E-state index in [0.29, 0.717) is 5.52 Å². The molecule has 0 amide bonds. The molecule has 0 spiro atoms. The summed E-state index contributed by atoms with van der Waals surface area (Å²) < 4.78 is 0. The molecule has 64 valence electrons. The first-order chi connectivity index (χ1) is 5.38. The molecule has 0 aliphatic heterocycles. The first kappa shape index (κ1) is 9.21. The van der Waals surface area contributed by atoms with E-state index in [1.807, 2.05) is 18.2 Å². The maximum absolute atomic E-state index is 9.31. The van der Waals surface area contributed by atoms with Gasteiger partial charge >= 0.3 is 0 Å². The molecule has 1 heterocycles. The summed E-state index contributed by atoms with van der Waals surface area (Å²) in [6.45, 7) is 0. The van der Waals surface area contributed by atoms with Crippen molar-refractivity contribution in [3.05, 3.63) is 36.5 Å². The molecule has 2 nitrogen and oxygen atoms in total. The normalized spacial score (nSPS) is 9.33. The van der Waals surface area contributed by atoms with Crippen LogP contribution in [0.2, 0.25) is 0 Å². The fraction of sp³-hybridized carbons (Fsp3) is 0. The Hall–Kier alpha value is -0.882. The largest absolute Gasteiger partial charge is 0.506 e. The average Bonchev–Trinajstić information content (AvgIpc) is 2.06. The summed E-state index contributed by atoms with van der Waals surface area (Å²) in [5.41, 5.74) is 0.662. The summed E-state index contributed by atoms with van der Waals surface area (Å²) in [7, 11) is 0. The third kappa shape index (κ3) is 1.48. The van der Waals surface area contributed by atoms with Gasteiger partial charge in [0.05, 0.1) is 0 Å². The molecule has 0 aliphatic carbocycles. The molecule has 0 unspecified atom stereocenters. The second kappa shape index (κ2) is 3.68. The molecule has 12 heavy (non-hydrogen) atoms. The van der Waals surface area contributed by atoms with Crippen LogP contribution >= 0.6 is 0 Å². The van der Waals surface area contributed by atoms with Crippen LogP contribution in [0.3, 0.4) is 0 Å². The maximum Gasteiger partial charge on any atom is 0.141 e. The smallest absolute Gasteiger partial charge is 0.141 e. The molecule has 2 rings (SSSR count). The zero-order valence-corrected chi connectivity index (χ0v) is 8.45. The van der Waals surface area contributed by atoms with Gasteiger partial charge in [-0.1, -0.05) is 18.2 Å². The average molecular weight is 340 g/mol. The van der Waals surface area contributed by atoms with E-state index in [1.54, 1.807) is 18.3 Å². The number of nitrogens with zero attached hydrogens (tertiary/aromatic N) is 1. The fourth-order valence-corrected chi connectivity index (χ4v) is 1.09. The number of hydrogen-bond acceptors (Lipinski definition) is 2. The Balaban J connectivity index is 0.000000720. The summed E-state index contributed by atoms with van der Waals surface area (Å²) >= 11 is 0.